The molecule has 2 aromatic rings. The van der Waals surface area contributed by atoms with Gasteiger partial charge in [-0.15, -0.1) is 0 Å². The van der Waals surface area contributed by atoms with Crippen LogP contribution in [0.2, 0.25) is 0 Å². The lowest BCUT2D eigenvalue weighted by atomic mass is 10.1. The van der Waals surface area contributed by atoms with E-state index < -0.39 is 0 Å². The maximum atomic E-state index is 12.6. The van der Waals surface area contributed by atoms with Crippen molar-refractivity contribution in [2.24, 2.45) is 0 Å². The first-order chi connectivity index (χ1) is 13.0. The third kappa shape index (κ3) is 5.48. The van der Waals surface area contributed by atoms with Gasteiger partial charge in [0.05, 0.1) is 19.8 Å². The molecule has 2 amide bonds. The molecule has 0 heterocycles. The second kappa shape index (κ2) is 9.62. The van der Waals surface area contributed by atoms with E-state index in [0.717, 1.165) is 11.3 Å². The molecule has 0 radical (unpaired) electrons. The van der Waals surface area contributed by atoms with Gasteiger partial charge in [0.2, 0.25) is 5.91 Å². The number of hydrogen-bond acceptors (Lipinski definition) is 4. The summed E-state index contributed by atoms with van der Waals surface area (Å²) in [5, 5.41) is 5.76. The Labute approximate surface area is 159 Å². The molecule has 144 valence electrons. The molecule has 0 saturated heterocycles. The number of nitrogens with one attached hydrogen (secondary N) is 2. The van der Waals surface area contributed by atoms with Crippen molar-refractivity contribution in [1.82, 2.24) is 5.32 Å². The Balaban J connectivity index is 2.05. The van der Waals surface area contributed by atoms with Crippen LogP contribution in [0.5, 0.6) is 11.5 Å². The van der Waals surface area contributed by atoms with Crippen LogP contribution in [0.15, 0.2) is 42.5 Å². The molecule has 0 spiro atoms. The molecule has 1 atom stereocenters. The predicted molar refractivity (Wildman–Crippen MR) is 105 cm³/mol. The Kier molecular flexibility index (Phi) is 7.23. The normalized spacial score (nSPS) is 11.4. The molecule has 6 nitrogen and oxygen atoms in total. The van der Waals surface area contributed by atoms with Gasteiger partial charge in [-0.05, 0) is 49.7 Å². The molecule has 2 aromatic carbocycles. The fourth-order valence-corrected chi connectivity index (χ4v) is 2.55. The summed E-state index contributed by atoms with van der Waals surface area (Å²) >= 11 is 0. The average Bonchev–Trinajstić information content (AvgIpc) is 2.68. The van der Waals surface area contributed by atoms with Gasteiger partial charge in [-0.25, -0.2) is 0 Å². The zero-order valence-electron chi connectivity index (χ0n) is 16.2. The highest BCUT2D eigenvalue weighted by Gasteiger charge is 2.14. The predicted octanol–water partition coefficient (Wildman–Crippen LogP) is 3.93. The topological polar surface area (TPSA) is 76.7 Å². The minimum absolute atomic E-state index is 0.0338. The first-order valence-electron chi connectivity index (χ1n) is 9.00. The van der Waals surface area contributed by atoms with E-state index >= 15 is 0 Å². The van der Waals surface area contributed by atoms with Crippen molar-refractivity contribution in [3.05, 3.63) is 53.6 Å². The maximum absolute atomic E-state index is 12.6. The number of carbonyl (C=O) groups is 2. The number of rotatable bonds is 8. The highest BCUT2D eigenvalue weighted by Crippen LogP contribution is 2.28. The second-order valence-electron chi connectivity index (χ2n) is 6.02. The molecule has 2 N–H and O–H groups in total. The van der Waals surface area contributed by atoms with Crippen LogP contribution >= 0.6 is 0 Å². The maximum Gasteiger partial charge on any atom is 0.251 e. The Morgan fingerprint density at radius 1 is 1.04 bits per heavy atom. The molecule has 0 aliphatic rings. The number of amides is 2. The summed E-state index contributed by atoms with van der Waals surface area (Å²) in [6.45, 7) is 6.12. The smallest absolute Gasteiger partial charge is 0.251 e. The Bertz CT molecular complexity index is 787. The standard InChI is InChI=1S/C21H26N2O4/c1-5-20(24)23-17-10-7-15(8-11-17)14(3)22-21(25)16-9-12-18(27-6-2)19(13-16)26-4/h7-14H,5-6H2,1-4H3,(H,22,25)(H,23,24). The van der Waals surface area contributed by atoms with Crippen molar-refractivity contribution in [1.29, 1.82) is 0 Å². The summed E-state index contributed by atoms with van der Waals surface area (Å²) in [4.78, 5) is 24.0. The molecule has 2 rings (SSSR count). The van der Waals surface area contributed by atoms with E-state index in [4.69, 9.17) is 9.47 Å². The first-order valence-corrected chi connectivity index (χ1v) is 9.00. The number of methoxy groups -OCH3 is 1. The monoisotopic (exact) mass is 370 g/mol. The van der Waals surface area contributed by atoms with Crippen LogP contribution in [0.25, 0.3) is 0 Å². The SMILES string of the molecule is CCOc1ccc(C(=O)NC(C)c2ccc(NC(=O)CC)cc2)cc1OC. The van der Waals surface area contributed by atoms with Gasteiger partial charge in [-0.2, -0.15) is 0 Å². The number of hydrogen-bond donors (Lipinski definition) is 2. The second-order valence-corrected chi connectivity index (χ2v) is 6.02. The van der Waals surface area contributed by atoms with E-state index in [1.807, 2.05) is 38.1 Å². The summed E-state index contributed by atoms with van der Waals surface area (Å²) in [6, 6.07) is 12.3. The molecule has 1 unspecified atom stereocenters. The fraction of sp³-hybridized carbons (Fsp3) is 0.333. The fourth-order valence-electron chi connectivity index (χ4n) is 2.55. The van der Waals surface area contributed by atoms with E-state index in [-0.39, 0.29) is 17.9 Å². The Morgan fingerprint density at radius 2 is 1.74 bits per heavy atom. The van der Waals surface area contributed by atoms with Gasteiger partial charge in [0.15, 0.2) is 11.5 Å². The van der Waals surface area contributed by atoms with Crippen LogP contribution in [-0.4, -0.2) is 25.5 Å². The van der Waals surface area contributed by atoms with Crippen molar-refractivity contribution >= 4 is 17.5 Å². The lowest BCUT2D eigenvalue weighted by Gasteiger charge is -2.16. The summed E-state index contributed by atoms with van der Waals surface area (Å²) in [5.41, 5.74) is 2.17. The third-order valence-electron chi connectivity index (χ3n) is 4.09. The molecule has 0 fully saturated rings. The molecule has 6 heteroatoms. The number of anilines is 1. The van der Waals surface area contributed by atoms with Gasteiger partial charge < -0.3 is 20.1 Å². The van der Waals surface area contributed by atoms with Crippen LogP contribution in [-0.2, 0) is 4.79 Å². The van der Waals surface area contributed by atoms with Gasteiger partial charge in [-0.3, -0.25) is 9.59 Å². The largest absolute Gasteiger partial charge is 0.493 e. The Morgan fingerprint density at radius 3 is 2.33 bits per heavy atom. The number of ether oxygens (including phenoxy) is 2. The van der Waals surface area contributed by atoms with Crippen LogP contribution < -0.4 is 20.1 Å². The third-order valence-corrected chi connectivity index (χ3v) is 4.09. The first kappa shape index (κ1) is 20.3. The molecule has 0 aliphatic carbocycles. The molecule has 0 bridgehead atoms. The Hall–Kier alpha value is -3.02. The average molecular weight is 370 g/mol. The quantitative estimate of drug-likeness (QED) is 0.738. The van der Waals surface area contributed by atoms with Gasteiger partial charge in [0.1, 0.15) is 0 Å². The lowest BCUT2D eigenvalue weighted by molar-refractivity contribution is -0.115. The van der Waals surface area contributed by atoms with Crippen LogP contribution in [0.1, 0.15) is 49.2 Å². The lowest BCUT2D eigenvalue weighted by Crippen LogP contribution is -2.26. The molecule has 0 saturated carbocycles. The van der Waals surface area contributed by atoms with E-state index in [0.29, 0.717) is 30.1 Å². The minimum atomic E-state index is -0.202. The van der Waals surface area contributed by atoms with Crippen molar-refractivity contribution in [3.63, 3.8) is 0 Å². The van der Waals surface area contributed by atoms with E-state index in [1.165, 1.54) is 0 Å². The van der Waals surface area contributed by atoms with Gasteiger partial charge in [-0.1, -0.05) is 19.1 Å². The van der Waals surface area contributed by atoms with Crippen LogP contribution in [0.4, 0.5) is 5.69 Å². The van der Waals surface area contributed by atoms with E-state index in [1.54, 1.807) is 32.2 Å². The molecule has 0 aromatic heterocycles. The minimum Gasteiger partial charge on any atom is -0.493 e. The molecular formula is C21H26N2O4. The van der Waals surface area contributed by atoms with E-state index in [9.17, 15) is 9.59 Å². The number of carbonyl (C=O) groups excluding carboxylic acids is 2. The summed E-state index contributed by atoms with van der Waals surface area (Å²) in [5.74, 6) is 0.892. The molecular weight excluding hydrogens is 344 g/mol. The van der Waals surface area contributed by atoms with E-state index in [2.05, 4.69) is 10.6 Å². The zero-order valence-corrected chi connectivity index (χ0v) is 16.2. The van der Waals surface area contributed by atoms with Crippen molar-refractivity contribution in [3.8, 4) is 11.5 Å². The summed E-state index contributed by atoms with van der Waals surface area (Å²) in [7, 11) is 1.54. The number of benzene rings is 2. The molecule has 27 heavy (non-hydrogen) atoms. The van der Waals surface area contributed by atoms with Gasteiger partial charge in [0, 0.05) is 17.7 Å². The van der Waals surface area contributed by atoms with Crippen LogP contribution in [0.3, 0.4) is 0 Å². The highest BCUT2D eigenvalue weighted by atomic mass is 16.5. The van der Waals surface area contributed by atoms with Crippen molar-refractivity contribution in [2.45, 2.75) is 33.2 Å². The van der Waals surface area contributed by atoms with Crippen LogP contribution in [0, 0.1) is 0 Å². The summed E-state index contributed by atoms with van der Waals surface area (Å²) in [6.07, 6.45) is 0.430. The van der Waals surface area contributed by atoms with Crippen molar-refractivity contribution < 1.29 is 19.1 Å². The highest BCUT2D eigenvalue weighted by molar-refractivity contribution is 5.95. The summed E-state index contributed by atoms with van der Waals surface area (Å²) < 4.78 is 10.8. The molecule has 0 aliphatic heterocycles. The zero-order chi connectivity index (χ0) is 19.8. The van der Waals surface area contributed by atoms with Crippen molar-refractivity contribution in [2.75, 3.05) is 19.0 Å². The van der Waals surface area contributed by atoms with Gasteiger partial charge in [0.25, 0.3) is 5.91 Å². The van der Waals surface area contributed by atoms with Gasteiger partial charge >= 0.3 is 0 Å².